The van der Waals surface area contributed by atoms with Gasteiger partial charge in [-0.05, 0) is 59.0 Å². The number of anilines is 2. The van der Waals surface area contributed by atoms with Gasteiger partial charge in [-0.2, -0.15) is 0 Å². The highest BCUT2D eigenvalue weighted by Crippen LogP contribution is 2.39. The van der Waals surface area contributed by atoms with Gasteiger partial charge in [0.15, 0.2) is 15.6 Å². The minimum Gasteiger partial charge on any atom is -0.497 e. The number of carbonyl (C=O) groups is 1. The third-order valence-corrected chi connectivity index (χ3v) is 9.88. The average molecular weight is 802 g/mol. The molecule has 0 unspecified atom stereocenters. The molecule has 0 aliphatic rings. The highest BCUT2D eigenvalue weighted by molar-refractivity contribution is 7.90. The zero-order chi connectivity index (χ0) is 41.0. The lowest BCUT2D eigenvalue weighted by Crippen LogP contribution is -2.22. The number of aromatic nitrogens is 1. The Morgan fingerprint density at radius 2 is 1.40 bits per heavy atom. The van der Waals surface area contributed by atoms with Gasteiger partial charge in [0.25, 0.3) is 0 Å². The van der Waals surface area contributed by atoms with Gasteiger partial charge in [0.2, 0.25) is 0 Å². The van der Waals surface area contributed by atoms with Crippen LogP contribution >= 0.6 is 0 Å². The van der Waals surface area contributed by atoms with E-state index in [1.54, 1.807) is 50.7 Å². The van der Waals surface area contributed by atoms with Crippen molar-refractivity contribution in [3.63, 3.8) is 0 Å². The van der Waals surface area contributed by atoms with Gasteiger partial charge in [0.05, 0.1) is 58.6 Å². The van der Waals surface area contributed by atoms with Gasteiger partial charge in [0.1, 0.15) is 34.5 Å². The summed E-state index contributed by atoms with van der Waals surface area (Å²) in [5, 5.41) is 7.22. The van der Waals surface area contributed by atoms with E-state index in [4.69, 9.17) is 33.2 Å². The first kappa shape index (κ1) is 42.7. The van der Waals surface area contributed by atoms with E-state index in [9.17, 15) is 13.2 Å². The number of amides is 2. The van der Waals surface area contributed by atoms with E-state index in [1.807, 2.05) is 69.3 Å². The zero-order valence-corrected chi connectivity index (χ0v) is 34.3. The van der Waals surface area contributed by atoms with Crippen molar-refractivity contribution in [2.75, 3.05) is 77.9 Å². The van der Waals surface area contributed by atoms with E-state index in [1.165, 1.54) is 7.11 Å². The Balaban J connectivity index is 1.28. The second kappa shape index (κ2) is 19.6. The molecular weight excluding hydrogens is 751 g/mol. The third-order valence-electron chi connectivity index (χ3n) is 8.78. The topological polar surface area (TPSA) is 153 Å². The number of urea groups is 1. The maximum atomic E-state index is 13.5. The fraction of sp³-hybridized carbons (Fsp3) is 0.349. The lowest BCUT2D eigenvalue weighted by Gasteiger charge is -2.23. The molecule has 2 amide bonds. The Hall–Kier alpha value is -5.41. The number of hydrogen-bond acceptors (Lipinski definition) is 11. The maximum absolute atomic E-state index is 13.5. The SMILES string of the molecule is COCCOCCOCCOc1cc(Cc2cc(Oc3ccc(NC(=O)Nc4cc(C(C)(C)C)cc(S(C)(=O)=O)c4OC)c4ccccc34)ccn2)cc(OC)c1. The van der Waals surface area contributed by atoms with Gasteiger partial charge in [-0.1, -0.05) is 45.0 Å². The molecule has 57 heavy (non-hydrogen) atoms. The third kappa shape index (κ3) is 12.0. The summed E-state index contributed by atoms with van der Waals surface area (Å²) >= 11 is 0. The monoisotopic (exact) mass is 801 g/mol. The Bertz CT molecular complexity index is 2260. The van der Waals surface area contributed by atoms with Crippen LogP contribution in [-0.4, -0.2) is 86.7 Å². The van der Waals surface area contributed by atoms with Crippen LogP contribution in [0.2, 0.25) is 0 Å². The number of rotatable bonds is 19. The molecule has 14 heteroatoms. The number of ether oxygens (including phenoxy) is 7. The Morgan fingerprint density at radius 3 is 2.09 bits per heavy atom. The summed E-state index contributed by atoms with van der Waals surface area (Å²) in [6.45, 7) is 8.70. The summed E-state index contributed by atoms with van der Waals surface area (Å²) in [4.78, 5) is 18.0. The first-order valence-electron chi connectivity index (χ1n) is 18.4. The average Bonchev–Trinajstić information content (AvgIpc) is 3.17. The van der Waals surface area contributed by atoms with Gasteiger partial charge in [0, 0.05) is 54.6 Å². The van der Waals surface area contributed by atoms with Crippen LogP contribution in [0.15, 0.2) is 90.0 Å². The van der Waals surface area contributed by atoms with Crippen LogP contribution in [0.1, 0.15) is 37.6 Å². The standard InChI is InChI=1S/C43H51N3O10S/c1-43(2,3)30-25-38(41(52-6)40(26-30)57(7,48)49)46-42(47)45-37-12-13-39(36-11-9-8-10-35(36)37)56-32-14-15-44-31(27-32)22-29-23-33(51-5)28-34(24-29)55-21-20-54-19-18-53-17-16-50-4/h8-15,23-28H,16-22H2,1-7H3,(H2,45,46,47). The van der Waals surface area contributed by atoms with Crippen molar-refractivity contribution in [3.05, 3.63) is 102 Å². The smallest absolute Gasteiger partial charge is 0.323 e. The quantitative estimate of drug-likeness (QED) is 0.0781. The Morgan fingerprint density at radius 1 is 0.719 bits per heavy atom. The van der Waals surface area contributed by atoms with E-state index in [0.29, 0.717) is 74.7 Å². The van der Waals surface area contributed by atoms with Crippen LogP contribution in [-0.2, 0) is 35.9 Å². The summed E-state index contributed by atoms with van der Waals surface area (Å²) in [5.74, 6) is 2.53. The number of nitrogens with one attached hydrogen (secondary N) is 2. The fourth-order valence-corrected chi connectivity index (χ4v) is 6.80. The van der Waals surface area contributed by atoms with Crippen molar-refractivity contribution >= 4 is 38.0 Å². The number of carbonyl (C=O) groups excluding carboxylic acids is 1. The highest BCUT2D eigenvalue weighted by Gasteiger charge is 2.25. The van der Waals surface area contributed by atoms with E-state index in [2.05, 4.69) is 15.6 Å². The minimum atomic E-state index is -3.67. The van der Waals surface area contributed by atoms with Crippen molar-refractivity contribution < 1.29 is 46.4 Å². The van der Waals surface area contributed by atoms with E-state index >= 15 is 0 Å². The molecule has 0 saturated carbocycles. The van der Waals surface area contributed by atoms with Crippen molar-refractivity contribution in [3.8, 4) is 28.7 Å². The number of sulfone groups is 1. The summed E-state index contributed by atoms with van der Waals surface area (Å²) < 4.78 is 64.8. The molecule has 5 rings (SSSR count). The molecule has 1 heterocycles. The van der Waals surface area contributed by atoms with Crippen molar-refractivity contribution in [2.24, 2.45) is 0 Å². The lowest BCUT2D eigenvalue weighted by molar-refractivity contribution is 0.0179. The fourth-order valence-electron chi connectivity index (χ4n) is 5.93. The molecule has 0 aliphatic heterocycles. The minimum absolute atomic E-state index is 0.00474. The van der Waals surface area contributed by atoms with E-state index in [0.717, 1.165) is 33.8 Å². The highest BCUT2D eigenvalue weighted by atomic mass is 32.2. The largest absolute Gasteiger partial charge is 0.497 e. The molecule has 13 nitrogen and oxygen atoms in total. The summed E-state index contributed by atoms with van der Waals surface area (Å²) in [7, 11) is 0.944. The zero-order valence-electron chi connectivity index (χ0n) is 33.5. The summed E-state index contributed by atoms with van der Waals surface area (Å²) in [6.07, 6.45) is 3.30. The molecular formula is C43H51N3O10S. The van der Waals surface area contributed by atoms with E-state index < -0.39 is 21.3 Å². The molecule has 2 N–H and O–H groups in total. The van der Waals surface area contributed by atoms with Gasteiger partial charge in [-0.3, -0.25) is 4.98 Å². The molecule has 0 spiro atoms. The first-order chi connectivity index (χ1) is 27.3. The molecule has 0 aliphatic carbocycles. The number of benzene rings is 4. The summed E-state index contributed by atoms with van der Waals surface area (Å²) in [6, 6.07) is 23.2. The molecule has 304 valence electrons. The van der Waals surface area contributed by atoms with Crippen LogP contribution in [0.4, 0.5) is 16.2 Å². The number of hydrogen-bond donors (Lipinski definition) is 2. The second-order valence-electron chi connectivity index (χ2n) is 14.2. The molecule has 1 aromatic heterocycles. The van der Waals surface area contributed by atoms with Crippen molar-refractivity contribution in [1.82, 2.24) is 4.98 Å². The first-order valence-corrected chi connectivity index (χ1v) is 20.3. The normalized spacial score (nSPS) is 11.6. The van der Waals surface area contributed by atoms with Gasteiger partial charge in [-0.15, -0.1) is 0 Å². The van der Waals surface area contributed by atoms with Crippen LogP contribution in [0, 0.1) is 0 Å². The van der Waals surface area contributed by atoms with Crippen LogP contribution in [0.3, 0.4) is 0 Å². The maximum Gasteiger partial charge on any atom is 0.323 e. The molecule has 0 fully saturated rings. The molecule has 0 saturated heterocycles. The predicted octanol–water partition coefficient (Wildman–Crippen LogP) is 8.04. The van der Waals surface area contributed by atoms with Gasteiger partial charge >= 0.3 is 6.03 Å². The van der Waals surface area contributed by atoms with E-state index in [-0.39, 0.29) is 16.3 Å². The van der Waals surface area contributed by atoms with Crippen LogP contribution in [0.25, 0.3) is 10.8 Å². The molecule has 0 bridgehead atoms. The lowest BCUT2D eigenvalue weighted by atomic mass is 9.86. The van der Waals surface area contributed by atoms with Crippen LogP contribution < -0.4 is 29.6 Å². The number of pyridine rings is 1. The predicted molar refractivity (Wildman–Crippen MR) is 221 cm³/mol. The Labute approximate surface area is 334 Å². The van der Waals surface area contributed by atoms with Crippen molar-refractivity contribution in [2.45, 2.75) is 37.5 Å². The molecule has 0 atom stereocenters. The summed E-state index contributed by atoms with van der Waals surface area (Å²) in [5.41, 5.74) is 2.80. The number of fused-ring (bicyclic) bond motifs is 1. The van der Waals surface area contributed by atoms with Gasteiger partial charge in [-0.25, -0.2) is 13.2 Å². The second-order valence-corrected chi connectivity index (χ2v) is 16.1. The van der Waals surface area contributed by atoms with Crippen molar-refractivity contribution in [1.29, 1.82) is 0 Å². The van der Waals surface area contributed by atoms with Gasteiger partial charge < -0.3 is 43.8 Å². The van der Waals surface area contributed by atoms with Crippen LogP contribution in [0.5, 0.6) is 28.7 Å². The molecule has 5 aromatic rings. The molecule has 0 radical (unpaired) electrons. The number of nitrogens with zero attached hydrogens (tertiary/aromatic N) is 1. The number of methoxy groups -OCH3 is 3. The Kier molecular flexibility index (Phi) is 14.7. The molecule has 4 aromatic carbocycles.